The van der Waals surface area contributed by atoms with Gasteiger partial charge in [0.1, 0.15) is 5.03 Å². The van der Waals surface area contributed by atoms with Crippen molar-refractivity contribution in [3.05, 3.63) is 22.8 Å². The molecule has 1 fully saturated rings. The second kappa shape index (κ2) is 7.36. The quantitative estimate of drug-likeness (QED) is 0.646. The molecule has 3 nitrogen and oxygen atoms in total. The highest BCUT2D eigenvalue weighted by molar-refractivity contribution is 9.10. The van der Waals surface area contributed by atoms with Gasteiger partial charge in [-0.15, -0.1) is 11.8 Å². The highest BCUT2D eigenvalue weighted by Gasteiger charge is 2.14. The molecular weight excluding hydrogens is 300 g/mol. The minimum atomic E-state index is 0.432. The van der Waals surface area contributed by atoms with Gasteiger partial charge in [-0.05, 0) is 40.9 Å². The van der Waals surface area contributed by atoms with Crippen molar-refractivity contribution in [3.8, 4) is 0 Å². The molecule has 5 heteroatoms. The molecule has 1 unspecified atom stereocenters. The first-order valence-corrected chi connectivity index (χ1v) is 7.70. The molecule has 0 aromatic carbocycles. The third-order valence-corrected chi connectivity index (χ3v) is 4.55. The Morgan fingerprint density at radius 3 is 3.29 bits per heavy atom. The van der Waals surface area contributed by atoms with Crippen LogP contribution in [0.25, 0.3) is 0 Å². The molecule has 2 heterocycles. The third-order valence-electron chi connectivity index (χ3n) is 2.64. The van der Waals surface area contributed by atoms with Crippen LogP contribution >= 0.6 is 27.7 Å². The molecule has 94 valence electrons. The predicted molar refractivity (Wildman–Crippen MR) is 74.5 cm³/mol. The number of aromatic nitrogens is 1. The van der Waals surface area contributed by atoms with Crippen molar-refractivity contribution in [2.24, 2.45) is 0 Å². The number of nitrogens with one attached hydrogen (secondary N) is 1. The Morgan fingerprint density at radius 1 is 1.59 bits per heavy atom. The lowest BCUT2D eigenvalue weighted by molar-refractivity contribution is 0.110. The summed E-state index contributed by atoms with van der Waals surface area (Å²) in [6, 6.07) is 3.96. The summed E-state index contributed by atoms with van der Waals surface area (Å²) in [5, 5.41) is 4.49. The maximum absolute atomic E-state index is 5.55. The molecule has 17 heavy (non-hydrogen) atoms. The second-order valence-electron chi connectivity index (χ2n) is 3.98. The SMILES string of the molecule is Brc1cccnc1SCCNCC1CCCO1. The second-order valence-corrected chi connectivity index (χ2v) is 5.92. The van der Waals surface area contributed by atoms with E-state index < -0.39 is 0 Å². The number of nitrogens with zero attached hydrogens (tertiary/aromatic N) is 1. The summed E-state index contributed by atoms with van der Waals surface area (Å²) in [6.45, 7) is 2.90. The molecule has 0 radical (unpaired) electrons. The van der Waals surface area contributed by atoms with Crippen LogP contribution in [0.15, 0.2) is 27.8 Å². The van der Waals surface area contributed by atoms with Crippen molar-refractivity contribution in [1.82, 2.24) is 10.3 Å². The molecule has 0 bridgehead atoms. The van der Waals surface area contributed by atoms with Gasteiger partial charge in [0.2, 0.25) is 0 Å². The lowest BCUT2D eigenvalue weighted by atomic mass is 10.2. The van der Waals surface area contributed by atoms with Crippen LogP contribution in [0.2, 0.25) is 0 Å². The van der Waals surface area contributed by atoms with Gasteiger partial charge >= 0.3 is 0 Å². The van der Waals surface area contributed by atoms with E-state index in [1.54, 1.807) is 11.8 Å². The van der Waals surface area contributed by atoms with Crippen LogP contribution in [-0.2, 0) is 4.74 Å². The average molecular weight is 317 g/mol. The Hall–Kier alpha value is -0.100. The van der Waals surface area contributed by atoms with Gasteiger partial charge in [-0.1, -0.05) is 0 Å². The lowest BCUT2D eigenvalue weighted by Crippen LogP contribution is -2.27. The highest BCUT2D eigenvalue weighted by Crippen LogP contribution is 2.23. The molecule has 0 amide bonds. The smallest absolute Gasteiger partial charge is 0.110 e. The first-order valence-electron chi connectivity index (χ1n) is 5.92. The molecule has 0 saturated carbocycles. The van der Waals surface area contributed by atoms with E-state index in [0.717, 1.165) is 34.9 Å². The summed E-state index contributed by atoms with van der Waals surface area (Å²) in [4.78, 5) is 4.32. The average Bonchev–Trinajstić information content (AvgIpc) is 2.84. The summed E-state index contributed by atoms with van der Waals surface area (Å²) in [6.07, 6.45) is 4.67. The van der Waals surface area contributed by atoms with Crippen LogP contribution in [0, 0.1) is 0 Å². The van der Waals surface area contributed by atoms with Crippen LogP contribution in [0.1, 0.15) is 12.8 Å². The molecule has 1 saturated heterocycles. The largest absolute Gasteiger partial charge is 0.377 e. The maximum atomic E-state index is 5.55. The summed E-state index contributed by atoms with van der Waals surface area (Å²) >= 11 is 5.26. The molecular formula is C12H17BrN2OS. The van der Waals surface area contributed by atoms with Crippen molar-refractivity contribution in [2.45, 2.75) is 24.0 Å². The Labute approximate surface area is 115 Å². The van der Waals surface area contributed by atoms with Crippen LogP contribution in [0.4, 0.5) is 0 Å². The molecule has 2 rings (SSSR count). The highest BCUT2D eigenvalue weighted by atomic mass is 79.9. The van der Waals surface area contributed by atoms with Crippen molar-refractivity contribution in [2.75, 3.05) is 25.4 Å². The van der Waals surface area contributed by atoms with Crippen molar-refractivity contribution in [3.63, 3.8) is 0 Å². The molecule has 1 aliphatic heterocycles. The number of hydrogen-bond donors (Lipinski definition) is 1. The first-order chi connectivity index (χ1) is 8.36. The van der Waals surface area contributed by atoms with Gasteiger partial charge in [0, 0.05) is 36.1 Å². The monoisotopic (exact) mass is 316 g/mol. The minimum Gasteiger partial charge on any atom is -0.377 e. The fourth-order valence-corrected chi connectivity index (χ4v) is 3.15. The lowest BCUT2D eigenvalue weighted by Gasteiger charge is -2.10. The predicted octanol–water partition coefficient (Wildman–Crippen LogP) is 2.70. The Kier molecular flexibility index (Phi) is 5.77. The third kappa shape index (κ3) is 4.58. The van der Waals surface area contributed by atoms with Gasteiger partial charge in [0.25, 0.3) is 0 Å². The fourth-order valence-electron chi connectivity index (χ4n) is 1.77. The standard InChI is InChI=1S/C12H17BrN2OS/c13-11-4-1-5-15-12(11)17-8-6-14-9-10-3-2-7-16-10/h1,4-5,10,14H,2-3,6-9H2. The van der Waals surface area contributed by atoms with E-state index in [-0.39, 0.29) is 0 Å². The zero-order valence-corrected chi connectivity index (χ0v) is 12.1. The Balaban J connectivity index is 1.58. The summed E-state index contributed by atoms with van der Waals surface area (Å²) < 4.78 is 6.62. The summed E-state index contributed by atoms with van der Waals surface area (Å²) in [5.41, 5.74) is 0. The number of ether oxygens (including phenoxy) is 1. The normalized spacial score (nSPS) is 19.7. The molecule has 1 aromatic rings. The van der Waals surface area contributed by atoms with E-state index in [4.69, 9.17) is 4.74 Å². The van der Waals surface area contributed by atoms with Crippen LogP contribution in [-0.4, -0.2) is 36.5 Å². The van der Waals surface area contributed by atoms with Crippen molar-refractivity contribution >= 4 is 27.7 Å². The molecule has 0 spiro atoms. The van der Waals surface area contributed by atoms with Crippen molar-refractivity contribution < 1.29 is 4.74 Å². The number of thioether (sulfide) groups is 1. The zero-order chi connectivity index (χ0) is 11.9. The van der Waals surface area contributed by atoms with E-state index in [1.807, 2.05) is 18.3 Å². The van der Waals surface area contributed by atoms with Gasteiger partial charge in [-0.25, -0.2) is 4.98 Å². The zero-order valence-electron chi connectivity index (χ0n) is 9.69. The number of hydrogen-bond acceptors (Lipinski definition) is 4. The van der Waals surface area contributed by atoms with Crippen molar-refractivity contribution in [1.29, 1.82) is 0 Å². The Bertz CT molecular complexity index is 345. The van der Waals surface area contributed by atoms with Gasteiger partial charge in [0.15, 0.2) is 0 Å². The number of pyridine rings is 1. The number of rotatable bonds is 6. The van der Waals surface area contributed by atoms with Gasteiger partial charge in [0.05, 0.1) is 6.10 Å². The van der Waals surface area contributed by atoms with E-state index in [0.29, 0.717) is 6.10 Å². The van der Waals surface area contributed by atoms with E-state index in [1.165, 1.54) is 12.8 Å². The fraction of sp³-hybridized carbons (Fsp3) is 0.583. The molecule has 1 aromatic heterocycles. The molecule has 1 atom stereocenters. The molecule has 1 N–H and O–H groups in total. The van der Waals surface area contributed by atoms with E-state index in [9.17, 15) is 0 Å². The maximum Gasteiger partial charge on any atom is 0.110 e. The number of halogens is 1. The van der Waals surface area contributed by atoms with Crippen LogP contribution in [0.3, 0.4) is 0 Å². The van der Waals surface area contributed by atoms with E-state index >= 15 is 0 Å². The van der Waals surface area contributed by atoms with Gasteiger partial charge in [-0.2, -0.15) is 0 Å². The summed E-state index contributed by atoms with van der Waals surface area (Å²) in [7, 11) is 0. The van der Waals surface area contributed by atoms with Gasteiger partial charge < -0.3 is 10.1 Å². The molecule has 0 aliphatic carbocycles. The van der Waals surface area contributed by atoms with Crippen LogP contribution < -0.4 is 5.32 Å². The topological polar surface area (TPSA) is 34.2 Å². The summed E-state index contributed by atoms with van der Waals surface area (Å²) in [5.74, 6) is 1.03. The Morgan fingerprint density at radius 2 is 2.53 bits per heavy atom. The minimum absolute atomic E-state index is 0.432. The van der Waals surface area contributed by atoms with E-state index in [2.05, 4.69) is 26.2 Å². The van der Waals surface area contributed by atoms with Crippen LogP contribution in [0.5, 0.6) is 0 Å². The molecule has 1 aliphatic rings. The van der Waals surface area contributed by atoms with Gasteiger partial charge in [-0.3, -0.25) is 0 Å². The first kappa shape index (κ1) is 13.3.